The van der Waals surface area contributed by atoms with Crippen LogP contribution in [0.1, 0.15) is 36.4 Å². The van der Waals surface area contributed by atoms with Gasteiger partial charge in [-0.25, -0.2) is 4.98 Å². The van der Waals surface area contributed by atoms with Crippen molar-refractivity contribution in [2.45, 2.75) is 31.8 Å². The van der Waals surface area contributed by atoms with E-state index < -0.39 is 6.04 Å². The molecule has 0 fully saturated rings. The highest BCUT2D eigenvalue weighted by atomic mass is 32.1. The summed E-state index contributed by atoms with van der Waals surface area (Å²) in [6, 6.07) is 9.13. The minimum atomic E-state index is -0.467. The fraction of sp³-hybridized carbons (Fsp3) is 0.333. The van der Waals surface area contributed by atoms with Gasteiger partial charge in [0.25, 0.3) is 0 Å². The third kappa shape index (κ3) is 3.65. The Morgan fingerprint density at radius 1 is 1.40 bits per heavy atom. The van der Waals surface area contributed by atoms with Crippen molar-refractivity contribution in [3.05, 3.63) is 52.5 Å². The fourth-order valence-electron chi connectivity index (χ4n) is 2.00. The molecule has 5 heteroatoms. The molecule has 0 saturated carbocycles. The van der Waals surface area contributed by atoms with E-state index in [0.29, 0.717) is 6.42 Å². The normalized spacial score (nSPS) is 13.7. The molecule has 0 aliphatic heterocycles. The lowest BCUT2D eigenvalue weighted by molar-refractivity contribution is -0.123. The zero-order valence-corrected chi connectivity index (χ0v) is 12.3. The van der Waals surface area contributed by atoms with Gasteiger partial charge < -0.3 is 11.1 Å². The summed E-state index contributed by atoms with van der Waals surface area (Å²) in [4.78, 5) is 16.5. The Bertz CT molecular complexity index is 527. The van der Waals surface area contributed by atoms with Gasteiger partial charge in [0.1, 0.15) is 11.0 Å². The minimum absolute atomic E-state index is 0.129. The van der Waals surface area contributed by atoms with Crippen LogP contribution in [0.4, 0.5) is 0 Å². The van der Waals surface area contributed by atoms with E-state index in [4.69, 9.17) is 5.73 Å². The van der Waals surface area contributed by atoms with Gasteiger partial charge in [0, 0.05) is 11.6 Å². The molecule has 2 atom stereocenters. The van der Waals surface area contributed by atoms with Crippen molar-refractivity contribution in [1.29, 1.82) is 0 Å². The number of aromatic nitrogens is 1. The highest BCUT2D eigenvalue weighted by Crippen LogP contribution is 2.23. The van der Waals surface area contributed by atoms with Gasteiger partial charge in [0.15, 0.2) is 0 Å². The Kier molecular flexibility index (Phi) is 5.26. The zero-order chi connectivity index (χ0) is 14.4. The van der Waals surface area contributed by atoms with Gasteiger partial charge in [-0.05, 0) is 12.0 Å². The lowest BCUT2D eigenvalue weighted by Crippen LogP contribution is -2.42. The van der Waals surface area contributed by atoms with Crippen molar-refractivity contribution < 1.29 is 4.79 Å². The number of hydrogen-bond donors (Lipinski definition) is 2. The Morgan fingerprint density at radius 2 is 2.15 bits per heavy atom. The first-order chi connectivity index (χ1) is 9.72. The number of amides is 1. The maximum atomic E-state index is 12.2. The predicted molar refractivity (Wildman–Crippen MR) is 81.4 cm³/mol. The third-order valence-electron chi connectivity index (χ3n) is 3.05. The molecule has 0 spiro atoms. The number of nitrogens with two attached hydrogens (primary N) is 1. The first kappa shape index (κ1) is 14.7. The Labute approximate surface area is 123 Å². The van der Waals surface area contributed by atoms with Crippen molar-refractivity contribution in [3.63, 3.8) is 0 Å². The van der Waals surface area contributed by atoms with Gasteiger partial charge >= 0.3 is 0 Å². The number of thiazole rings is 1. The predicted octanol–water partition coefficient (Wildman–Crippen LogP) is 2.48. The smallest absolute Gasteiger partial charge is 0.237 e. The summed E-state index contributed by atoms with van der Waals surface area (Å²) < 4.78 is 0. The van der Waals surface area contributed by atoms with Crippen molar-refractivity contribution in [3.8, 4) is 0 Å². The number of carbonyl (C=O) groups is 1. The first-order valence-electron chi connectivity index (χ1n) is 6.72. The molecule has 2 rings (SSSR count). The molecule has 1 aromatic carbocycles. The van der Waals surface area contributed by atoms with Gasteiger partial charge in [0.2, 0.25) is 5.91 Å². The SMILES string of the molecule is CCCC(N)C(=O)NC(c1ccccc1)c1nccs1. The topological polar surface area (TPSA) is 68.0 Å². The second kappa shape index (κ2) is 7.17. The monoisotopic (exact) mass is 289 g/mol. The van der Waals surface area contributed by atoms with E-state index in [1.165, 1.54) is 11.3 Å². The molecule has 20 heavy (non-hydrogen) atoms. The van der Waals surface area contributed by atoms with E-state index in [1.807, 2.05) is 42.6 Å². The maximum Gasteiger partial charge on any atom is 0.237 e. The third-order valence-corrected chi connectivity index (χ3v) is 3.89. The lowest BCUT2D eigenvalue weighted by atomic mass is 10.1. The standard InChI is InChI=1S/C15H19N3OS/c1-2-6-12(16)14(19)18-13(15-17-9-10-20-15)11-7-4-3-5-8-11/h3-5,7-10,12-13H,2,6,16H2,1H3,(H,18,19). The molecule has 1 aromatic heterocycles. The number of carbonyl (C=O) groups excluding carboxylic acids is 1. The van der Waals surface area contributed by atoms with Crippen LogP contribution >= 0.6 is 11.3 Å². The van der Waals surface area contributed by atoms with E-state index in [9.17, 15) is 4.79 Å². The molecule has 2 unspecified atom stereocenters. The average Bonchev–Trinajstić information content (AvgIpc) is 2.99. The average molecular weight is 289 g/mol. The molecule has 0 aliphatic carbocycles. The van der Waals surface area contributed by atoms with Crippen LogP contribution < -0.4 is 11.1 Å². The molecule has 0 radical (unpaired) electrons. The van der Waals surface area contributed by atoms with Crippen molar-refractivity contribution in [1.82, 2.24) is 10.3 Å². The van der Waals surface area contributed by atoms with Crippen LogP contribution in [-0.4, -0.2) is 16.9 Å². The molecule has 1 amide bonds. The summed E-state index contributed by atoms with van der Waals surface area (Å²) in [5.41, 5.74) is 6.89. The minimum Gasteiger partial charge on any atom is -0.341 e. The summed E-state index contributed by atoms with van der Waals surface area (Å²) in [5.74, 6) is -0.129. The quantitative estimate of drug-likeness (QED) is 0.858. The van der Waals surface area contributed by atoms with E-state index in [1.54, 1.807) is 6.20 Å². The van der Waals surface area contributed by atoms with Crippen LogP contribution in [0.15, 0.2) is 41.9 Å². The van der Waals surface area contributed by atoms with Gasteiger partial charge in [-0.3, -0.25) is 4.79 Å². The second-order valence-electron chi connectivity index (χ2n) is 4.62. The van der Waals surface area contributed by atoms with Gasteiger partial charge in [0.05, 0.1) is 6.04 Å². The van der Waals surface area contributed by atoms with Gasteiger partial charge in [-0.15, -0.1) is 11.3 Å². The molecular formula is C15H19N3OS. The fourth-order valence-corrected chi connectivity index (χ4v) is 2.72. The highest BCUT2D eigenvalue weighted by molar-refractivity contribution is 7.09. The molecule has 2 aromatic rings. The largest absolute Gasteiger partial charge is 0.341 e. The Balaban J connectivity index is 2.18. The van der Waals surface area contributed by atoms with Crippen LogP contribution in [0.25, 0.3) is 0 Å². The molecule has 1 heterocycles. The highest BCUT2D eigenvalue weighted by Gasteiger charge is 2.21. The van der Waals surface area contributed by atoms with Crippen LogP contribution in [0.5, 0.6) is 0 Å². The molecule has 3 N–H and O–H groups in total. The maximum absolute atomic E-state index is 12.2. The van der Waals surface area contributed by atoms with Crippen LogP contribution in [0.2, 0.25) is 0 Å². The zero-order valence-electron chi connectivity index (χ0n) is 11.5. The first-order valence-corrected chi connectivity index (χ1v) is 7.60. The number of nitrogens with zero attached hydrogens (tertiary/aromatic N) is 1. The van der Waals surface area contributed by atoms with Crippen molar-refractivity contribution >= 4 is 17.2 Å². The van der Waals surface area contributed by atoms with Gasteiger partial charge in [-0.2, -0.15) is 0 Å². The second-order valence-corrected chi connectivity index (χ2v) is 5.54. The number of rotatable bonds is 6. The summed E-state index contributed by atoms with van der Waals surface area (Å²) >= 11 is 1.53. The Morgan fingerprint density at radius 3 is 2.75 bits per heavy atom. The van der Waals surface area contributed by atoms with Crippen molar-refractivity contribution in [2.75, 3.05) is 0 Å². The molecular weight excluding hydrogens is 270 g/mol. The lowest BCUT2D eigenvalue weighted by Gasteiger charge is -2.19. The summed E-state index contributed by atoms with van der Waals surface area (Å²) in [7, 11) is 0. The molecule has 0 bridgehead atoms. The van der Waals surface area contributed by atoms with Gasteiger partial charge in [-0.1, -0.05) is 43.7 Å². The van der Waals surface area contributed by atoms with E-state index in [0.717, 1.165) is 17.0 Å². The molecule has 0 saturated heterocycles. The van der Waals surface area contributed by atoms with Crippen molar-refractivity contribution in [2.24, 2.45) is 5.73 Å². The number of nitrogens with one attached hydrogen (secondary N) is 1. The van der Waals surface area contributed by atoms with Crippen LogP contribution in [0, 0.1) is 0 Å². The van der Waals surface area contributed by atoms with E-state index in [2.05, 4.69) is 10.3 Å². The molecule has 4 nitrogen and oxygen atoms in total. The van der Waals surface area contributed by atoms with E-state index in [-0.39, 0.29) is 11.9 Å². The van der Waals surface area contributed by atoms with Crippen LogP contribution in [0.3, 0.4) is 0 Å². The summed E-state index contributed by atoms with van der Waals surface area (Å²) in [6.07, 6.45) is 3.32. The number of benzene rings is 1. The van der Waals surface area contributed by atoms with E-state index >= 15 is 0 Å². The number of hydrogen-bond acceptors (Lipinski definition) is 4. The summed E-state index contributed by atoms with van der Waals surface area (Å²) in [5, 5.41) is 5.78. The Hall–Kier alpha value is -1.72. The van der Waals surface area contributed by atoms with Crippen LogP contribution in [-0.2, 0) is 4.79 Å². The molecule has 0 aliphatic rings. The molecule has 106 valence electrons. The summed E-state index contributed by atoms with van der Waals surface area (Å²) in [6.45, 7) is 2.02.